The van der Waals surface area contributed by atoms with E-state index in [9.17, 15) is 0 Å². The van der Waals surface area contributed by atoms with E-state index in [1.165, 1.54) is 43.6 Å². The molecule has 27 heavy (non-hydrogen) atoms. The molecule has 0 bridgehead atoms. The maximum Gasteiger partial charge on any atom is 0.320 e. The number of H-pyrrole nitrogens is 1. The second-order valence-corrected chi connectivity index (χ2v) is 7.09. The van der Waals surface area contributed by atoms with Crippen molar-refractivity contribution in [1.29, 1.82) is 0 Å². The Bertz CT molecular complexity index is 1680. The zero-order valence-electron chi connectivity index (χ0n) is 14.4. The molecule has 0 fully saturated rings. The van der Waals surface area contributed by atoms with Crippen LogP contribution in [0.2, 0.25) is 0 Å². The molecule has 126 valence electrons. The Kier molecular flexibility index (Phi) is 2.23. The first kappa shape index (κ1) is 13.4. The quantitative estimate of drug-likeness (QED) is 0.385. The van der Waals surface area contributed by atoms with Crippen LogP contribution in [0.4, 0.5) is 0 Å². The van der Waals surface area contributed by atoms with Gasteiger partial charge in [0.1, 0.15) is 17.2 Å². The molecule has 0 spiro atoms. The summed E-state index contributed by atoms with van der Waals surface area (Å²) in [4.78, 5) is 0. The smallest absolute Gasteiger partial charge is 0.220 e. The lowest BCUT2D eigenvalue weighted by atomic mass is 10.1. The van der Waals surface area contributed by atoms with Gasteiger partial charge in [0.25, 0.3) is 0 Å². The van der Waals surface area contributed by atoms with Gasteiger partial charge >= 0.3 is 5.65 Å². The highest BCUT2D eigenvalue weighted by atomic mass is 15.4. The molecule has 4 nitrogen and oxygen atoms in total. The van der Waals surface area contributed by atoms with Gasteiger partial charge < -0.3 is 0 Å². The largest absolute Gasteiger partial charge is 0.320 e. The van der Waals surface area contributed by atoms with Gasteiger partial charge in [-0.1, -0.05) is 42.5 Å². The topological polar surface area (TPSA) is 28.7 Å². The lowest BCUT2D eigenvalue weighted by molar-refractivity contribution is -0.450. The number of hydrogen-bond donors (Lipinski definition) is 1. The van der Waals surface area contributed by atoms with Crippen molar-refractivity contribution >= 4 is 49.3 Å². The molecule has 4 heteroatoms. The standard InChI is InChI=1S/C23H15N4/c1-3-11-19-16(8-1)18-10-6-14-25-23(18)26(19)21-13-5-9-17-15-7-2-4-12-20(15)27(24-25)22(17)21/h1-14,24H/q+1. The fourth-order valence-corrected chi connectivity index (χ4v) is 4.67. The Hall–Kier alpha value is -3.79. The molecule has 0 saturated heterocycles. The van der Waals surface area contributed by atoms with Crippen LogP contribution in [0.3, 0.4) is 0 Å². The zero-order valence-corrected chi connectivity index (χ0v) is 14.4. The van der Waals surface area contributed by atoms with E-state index in [1.54, 1.807) is 0 Å². The molecule has 4 heterocycles. The SMILES string of the molecule is c1ccc2c(c1)c1cccc3c1n2[nH]n1cccc2c4ccccc4[n+]3c21. The van der Waals surface area contributed by atoms with Crippen LogP contribution in [0.1, 0.15) is 0 Å². The number of pyridine rings is 1. The van der Waals surface area contributed by atoms with E-state index < -0.39 is 0 Å². The number of hydrogen-bond acceptors (Lipinski definition) is 0. The minimum Gasteiger partial charge on any atom is -0.220 e. The normalized spacial score (nSPS) is 12.4. The summed E-state index contributed by atoms with van der Waals surface area (Å²) in [6, 6.07) is 28.1. The highest BCUT2D eigenvalue weighted by Crippen LogP contribution is 2.31. The Morgan fingerprint density at radius 3 is 2.33 bits per heavy atom. The summed E-state index contributed by atoms with van der Waals surface area (Å²) in [6.07, 6.45) is 2.09. The van der Waals surface area contributed by atoms with Crippen molar-refractivity contribution in [2.75, 3.05) is 0 Å². The summed E-state index contributed by atoms with van der Waals surface area (Å²) < 4.78 is 6.71. The van der Waals surface area contributed by atoms with E-state index in [0.29, 0.717) is 0 Å². The number of nitrogens with zero attached hydrogens (tertiary/aromatic N) is 3. The van der Waals surface area contributed by atoms with Crippen LogP contribution in [0.15, 0.2) is 85.1 Å². The molecule has 3 aromatic carbocycles. The van der Waals surface area contributed by atoms with Crippen LogP contribution in [-0.2, 0) is 0 Å². The maximum atomic E-state index is 3.63. The lowest BCUT2D eigenvalue weighted by Crippen LogP contribution is -2.21. The van der Waals surface area contributed by atoms with Gasteiger partial charge in [-0.15, -0.1) is 4.52 Å². The molecule has 0 atom stereocenters. The van der Waals surface area contributed by atoms with E-state index in [-0.39, 0.29) is 0 Å². The van der Waals surface area contributed by atoms with Gasteiger partial charge in [0.2, 0.25) is 0 Å². The molecular formula is C23H15N4+. The third-order valence-corrected chi connectivity index (χ3v) is 5.74. The van der Waals surface area contributed by atoms with Crippen LogP contribution >= 0.6 is 0 Å². The van der Waals surface area contributed by atoms with Gasteiger partial charge in [0.05, 0.1) is 10.9 Å². The van der Waals surface area contributed by atoms with Crippen molar-refractivity contribution in [1.82, 2.24) is 14.2 Å². The first-order valence-corrected chi connectivity index (χ1v) is 9.15. The molecule has 0 aliphatic heterocycles. The highest BCUT2D eigenvalue weighted by Gasteiger charge is 2.22. The molecule has 0 saturated carbocycles. The molecule has 0 amide bonds. The number of fused-ring (bicyclic) bond motifs is 7. The Labute approximate surface area is 153 Å². The minimum absolute atomic E-state index is 1.15. The zero-order chi connectivity index (χ0) is 17.5. The number of aromatic amines is 1. The number of benzene rings is 3. The van der Waals surface area contributed by atoms with Gasteiger partial charge in [0.15, 0.2) is 5.52 Å². The molecule has 0 radical (unpaired) electrons. The van der Waals surface area contributed by atoms with Gasteiger partial charge in [-0.05, 0) is 36.4 Å². The number of nitrogens with one attached hydrogen (secondary N) is 1. The van der Waals surface area contributed by atoms with Crippen molar-refractivity contribution in [3.63, 3.8) is 0 Å². The summed E-state index contributed by atoms with van der Waals surface area (Å²) >= 11 is 0. The Balaban J connectivity index is 1.99. The molecular weight excluding hydrogens is 332 g/mol. The summed E-state index contributed by atoms with van der Waals surface area (Å²) in [6.45, 7) is 0. The first-order chi connectivity index (χ1) is 13.4. The van der Waals surface area contributed by atoms with Crippen LogP contribution in [0, 0.1) is 0 Å². The average molecular weight is 347 g/mol. The second-order valence-electron chi connectivity index (χ2n) is 7.09. The van der Waals surface area contributed by atoms with Crippen molar-refractivity contribution in [2.45, 2.75) is 0 Å². The highest BCUT2D eigenvalue weighted by molar-refractivity contribution is 6.12. The predicted octanol–water partition coefficient (Wildman–Crippen LogP) is 4.72. The number of aromatic nitrogens is 4. The number of rotatable bonds is 0. The summed E-state index contributed by atoms with van der Waals surface area (Å²) in [5.74, 6) is 0. The van der Waals surface area contributed by atoms with E-state index >= 15 is 0 Å². The van der Waals surface area contributed by atoms with Crippen LogP contribution in [0.5, 0.6) is 0 Å². The van der Waals surface area contributed by atoms with Crippen LogP contribution < -0.4 is 4.40 Å². The fourth-order valence-electron chi connectivity index (χ4n) is 4.67. The maximum absolute atomic E-state index is 3.63. The van der Waals surface area contributed by atoms with E-state index in [1.807, 2.05) is 0 Å². The Morgan fingerprint density at radius 1 is 0.630 bits per heavy atom. The Morgan fingerprint density at radius 2 is 1.37 bits per heavy atom. The molecule has 0 aliphatic carbocycles. The van der Waals surface area contributed by atoms with Crippen molar-refractivity contribution < 1.29 is 4.40 Å². The summed E-state index contributed by atoms with van der Waals surface area (Å²) in [7, 11) is 0. The van der Waals surface area contributed by atoms with E-state index in [0.717, 1.165) is 5.65 Å². The van der Waals surface area contributed by atoms with Crippen molar-refractivity contribution in [3.05, 3.63) is 85.1 Å². The monoisotopic (exact) mass is 347 g/mol. The van der Waals surface area contributed by atoms with Crippen molar-refractivity contribution in [3.8, 4) is 0 Å². The van der Waals surface area contributed by atoms with Gasteiger partial charge in [-0.3, -0.25) is 0 Å². The predicted molar refractivity (Wildman–Crippen MR) is 108 cm³/mol. The first-order valence-electron chi connectivity index (χ1n) is 9.15. The van der Waals surface area contributed by atoms with E-state index in [2.05, 4.69) is 104 Å². The van der Waals surface area contributed by atoms with Gasteiger partial charge in [-0.2, -0.15) is 9.61 Å². The second kappa shape index (κ2) is 4.48. The molecule has 4 aromatic heterocycles. The van der Waals surface area contributed by atoms with E-state index in [4.69, 9.17) is 0 Å². The van der Waals surface area contributed by atoms with Gasteiger partial charge in [-0.25, -0.2) is 4.52 Å². The third-order valence-electron chi connectivity index (χ3n) is 5.74. The molecule has 0 aliphatic rings. The van der Waals surface area contributed by atoms with Crippen LogP contribution in [-0.4, -0.2) is 14.2 Å². The molecule has 7 aromatic rings. The minimum atomic E-state index is 1.15. The van der Waals surface area contributed by atoms with Crippen molar-refractivity contribution in [2.24, 2.45) is 0 Å². The summed E-state index contributed by atoms with van der Waals surface area (Å²) in [5, 5.41) is 8.66. The molecule has 0 unspecified atom stereocenters. The summed E-state index contributed by atoms with van der Waals surface area (Å²) in [5.41, 5.74) is 5.95. The average Bonchev–Trinajstić information content (AvgIpc) is 3.17. The number of para-hydroxylation sites is 3. The molecule has 7 rings (SSSR count). The third kappa shape index (κ3) is 1.48. The van der Waals surface area contributed by atoms with Crippen LogP contribution in [0.25, 0.3) is 49.3 Å². The van der Waals surface area contributed by atoms with Gasteiger partial charge in [0, 0.05) is 16.2 Å². The fraction of sp³-hybridized carbons (Fsp3) is 0. The lowest BCUT2D eigenvalue weighted by Gasteiger charge is -1.94. The molecule has 1 N–H and O–H groups in total.